The van der Waals surface area contributed by atoms with Gasteiger partial charge in [-0.15, -0.1) is 0 Å². The van der Waals surface area contributed by atoms with E-state index in [1.165, 1.54) is 0 Å². The standard InChI is InChI=1S/C5H2F6O2.CH3FO/c6-1-4(9)5(10,11)13-3(12-4)2(7)8;1-3-2/h1H2;1H3. The van der Waals surface area contributed by atoms with Crippen LogP contribution in [-0.4, -0.2) is 25.7 Å². The Morgan fingerprint density at radius 3 is 1.88 bits per heavy atom. The molecular formula is C6H5F7O3. The quantitative estimate of drug-likeness (QED) is 0.677. The summed E-state index contributed by atoms with van der Waals surface area (Å²) in [6, 6.07) is 0. The molecule has 0 N–H and O–H groups in total. The van der Waals surface area contributed by atoms with E-state index in [9.17, 15) is 30.9 Å². The molecule has 1 fully saturated rings. The molecule has 1 heterocycles. The second-order valence-electron chi connectivity index (χ2n) is 2.29. The van der Waals surface area contributed by atoms with Crippen LogP contribution in [0.1, 0.15) is 0 Å². The summed E-state index contributed by atoms with van der Waals surface area (Å²) in [5.74, 6) is -6.17. The van der Waals surface area contributed by atoms with Crippen LogP contribution in [0.5, 0.6) is 0 Å². The lowest BCUT2D eigenvalue weighted by atomic mass is 10.3. The molecule has 0 aliphatic carbocycles. The Morgan fingerprint density at radius 1 is 1.25 bits per heavy atom. The maximum Gasteiger partial charge on any atom is 0.476 e. The van der Waals surface area contributed by atoms with Crippen molar-refractivity contribution in [1.82, 2.24) is 0 Å². The average molecular weight is 258 g/mol. The van der Waals surface area contributed by atoms with E-state index in [-0.39, 0.29) is 0 Å². The summed E-state index contributed by atoms with van der Waals surface area (Å²) in [5.41, 5.74) is 0. The molecule has 0 aromatic heterocycles. The third kappa shape index (κ3) is 2.90. The van der Waals surface area contributed by atoms with Gasteiger partial charge in [-0.3, -0.25) is 0 Å². The summed E-state index contributed by atoms with van der Waals surface area (Å²) in [6.07, 6.45) is -7.53. The van der Waals surface area contributed by atoms with E-state index in [2.05, 4.69) is 14.4 Å². The van der Waals surface area contributed by atoms with Crippen LogP contribution < -0.4 is 0 Å². The van der Waals surface area contributed by atoms with Crippen LogP contribution in [0.2, 0.25) is 0 Å². The van der Waals surface area contributed by atoms with Crippen molar-refractivity contribution >= 4 is 0 Å². The molecular weight excluding hydrogens is 253 g/mol. The van der Waals surface area contributed by atoms with Crippen molar-refractivity contribution in [2.24, 2.45) is 0 Å². The van der Waals surface area contributed by atoms with Crippen LogP contribution in [0.4, 0.5) is 30.9 Å². The topological polar surface area (TPSA) is 27.7 Å². The van der Waals surface area contributed by atoms with E-state index < -0.39 is 30.7 Å². The van der Waals surface area contributed by atoms with Gasteiger partial charge in [-0.05, 0) is 4.53 Å². The fourth-order valence-electron chi connectivity index (χ4n) is 0.602. The first-order valence-corrected chi connectivity index (χ1v) is 3.44. The Kier molecular flexibility index (Phi) is 4.84. The molecule has 1 aliphatic heterocycles. The molecule has 1 atom stereocenters. The van der Waals surface area contributed by atoms with Gasteiger partial charge in [0.25, 0.3) is 0 Å². The van der Waals surface area contributed by atoms with Crippen molar-refractivity contribution in [3.05, 3.63) is 12.0 Å². The molecule has 0 aromatic rings. The highest BCUT2D eigenvalue weighted by Gasteiger charge is 2.68. The predicted molar refractivity (Wildman–Crippen MR) is 34.3 cm³/mol. The van der Waals surface area contributed by atoms with E-state index in [1.807, 2.05) is 0 Å². The minimum absolute atomic E-state index is 0.958. The molecule has 1 rings (SSSR count). The zero-order valence-electron chi connectivity index (χ0n) is 7.58. The molecule has 16 heavy (non-hydrogen) atoms. The zero-order chi connectivity index (χ0) is 13.0. The van der Waals surface area contributed by atoms with E-state index >= 15 is 0 Å². The van der Waals surface area contributed by atoms with Crippen molar-refractivity contribution in [2.75, 3.05) is 13.8 Å². The lowest BCUT2D eigenvalue weighted by Crippen LogP contribution is -2.43. The third-order valence-corrected chi connectivity index (χ3v) is 1.24. The van der Waals surface area contributed by atoms with Crippen LogP contribution in [0.25, 0.3) is 0 Å². The molecule has 0 radical (unpaired) electrons. The third-order valence-electron chi connectivity index (χ3n) is 1.24. The number of halogens is 7. The van der Waals surface area contributed by atoms with Gasteiger partial charge in [-0.1, -0.05) is 0 Å². The first kappa shape index (κ1) is 14.8. The molecule has 3 nitrogen and oxygen atoms in total. The van der Waals surface area contributed by atoms with Gasteiger partial charge < -0.3 is 9.47 Å². The van der Waals surface area contributed by atoms with Gasteiger partial charge in [0.2, 0.25) is 0 Å². The minimum Gasteiger partial charge on any atom is -0.412 e. The molecule has 0 amide bonds. The molecule has 1 aliphatic rings. The van der Waals surface area contributed by atoms with E-state index in [0.717, 1.165) is 7.11 Å². The molecule has 10 heteroatoms. The summed E-state index contributed by atoms with van der Waals surface area (Å²) in [5, 5.41) is 0. The van der Waals surface area contributed by atoms with Crippen molar-refractivity contribution < 1.29 is 45.3 Å². The number of hydrogen-bond donors (Lipinski definition) is 0. The number of rotatable bonds is 1. The molecule has 1 saturated heterocycles. The SMILES string of the molecule is COF.FCC1(F)OC(=C(F)F)OC1(F)F. The summed E-state index contributed by atoms with van der Waals surface area (Å²) >= 11 is 0. The van der Waals surface area contributed by atoms with Crippen molar-refractivity contribution in [3.8, 4) is 0 Å². The number of hydrogen-bond acceptors (Lipinski definition) is 3. The van der Waals surface area contributed by atoms with Crippen LogP contribution in [0.3, 0.4) is 0 Å². The molecule has 96 valence electrons. The first-order valence-electron chi connectivity index (χ1n) is 3.44. The second kappa shape index (κ2) is 5.23. The Bertz CT molecular complexity index is 265. The van der Waals surface area contributed by atoms with E-state index in [1.54, 1.807) is 0 Å². The Balaban J connectivity index is 0.000000673. The minimum atomic E-state index is -4.75. The number of ether oxygens (including phenoxy) is 2. The summed E-state index contributed by atoms with van der Waals surface area (Å²) < 4.78 is 88.1. The lowest BCUT2D eigenvalue weighted by molar-refractivity contribution is -0.292. The van der Waals surface area contributed by atoms with Gasteiger partial charge in [0.1, 0.15) is 0 Å². The van der Waals surface area contributed by atoms with Gasteiger partial charge in [-0.25, -0.2) is 4.39 Å². The molecule has 0 aromatic carbocycles. The van der Waals surface area contributed by atoms with Gasteiger partial charge >= 0.3 is 24.0 Å². The molecule has 0 saturated carbocycles. The first-order chi connectivity index (χ1) is 7.24. The Hall–Kier alpha value is -1.19. The highest BCUT2D eigenvalue weighted by Crippen LogP contribution is 2.45. The maximum absolute atomic E-state index is 12.6. The van der Waals surface area contributed by atoms with Crippen LogP contribution in [0, 0.1) is 0 Å². The van der Waals surface area contributed by atoms with Gasteiger partial charge in [-0.2, -0.15) is 26.9 Å². The smallest absolute Gasteiger partial charge is 0.412 e. The maximum atomic E-state index is 12.6. The predicted octanol–water partition coefficient (Wildman–Crippen LogP) is 2.84. The fraction of sp³-hybridized carbons (Fsp3) is 0.667. The largest absolute Gasteiger partial charge is 0.476 e. The van der Waals surface area contributed by atoms with Crippen molar-refractivity contribution in [2.45, 2.75) is 12.0 Å². The van der Waals surface area contributed by atoms with Crippen LogP contribution >= 0.6 is 0 Å². The average Bonchev–Trinajstić information content (AvgIpc) is 2.40. The summed E-state index contributed by atoms with van der Waals surface area (Å²) in [7, 11) is 0.958. The van der Waals surface area contributed by atoms with Crippen molar-refractivity contribution in [3.63, 3.8) is 0 Å². The van der Waals surface area contributed by atoms with Crippen LogP contribution in [-0.2, 0) is 14.4 Å². The van der Waals surface area contributed by atoms with Gasteiger partial charge in [0.15, 0.2) is 6.67 Å². The monoisotopic (exact) mass is 258 g/mol. The van der Waals surface area contributed by atoms with E-state index in [0.29, 0.717) is 0 Å². The second-order valence-corrected chi connectivity index (χ2v) is 2.29. The Labute approximate surface area is 84.3 Å². The molecule has 1 unspecified atom stereocenters. The fourth-order valence-corrected chi connectivity index (χ4v) is 0.602. The molecule has 0 spiro atoms. The van der Waals surface area contributed by atoms with Crippen LogP contribution in [0.15, 0.2) is 12.0 Å². The van der Waals surface area contributed by atoms with Gasteiger partial charge in [0.05, 0.1) is 7.11 Å². The summed E-state index contributed by atoms with van der Waals surface area (Å²) in [4.78, 5) is 2.75. The highest BCUT2D eigenvalue weighted by molar-refractivity contribution is 4.97. The summed E-state index contributed by atoms with van der Waals surface area (Å²) in [6.45, 7) is -2.29. The zero-order valence-corrected chi connectivity index (χ0v) is 7.58. The van der Waals surface area contributed by atoms with Gasteiger partial charge in [0, 0.05) is 0 Å². The Morgan fingerprint density at radius 2 is 1.69 bits per heavy atom. The van der Waals surface area contributed by atoms with Crippen molar-refractivity contribution in [1.29, 1.82) is 0 Å². The van der Waals surface area contributed by atoms with E-state index in [4.69, 9.17) is 0 Å². The normalized spacial score (nSPS) is 26.4. The number of alkyl halides is 4. The molecule has 0 bridgehead atoms. The lowest BCUT2D eigenvalue weighted by Gasteiger charge is -2.17. The highest BCUT2D eigenvalue weighted by atomic mass is 19.3.